The van der Waals surface area contributed by atoms with Crippen LogP contribution in [0.3, 0.4) is 0 Å². The smallest absolute Gasteiger partial charge is 0.123 e. The third kappa shape index (κ3) is 3.49. The van der Waals surface area contributed by atoms with Crippen LogP contribution in [-0.2, 0) is 0 Å². The van der Waals surface area contributed by atoms with Crippen molar-refractivity contribution in [3.8, 4) is 0 Å². The number of rotatable bonds is 6. The van der Waals surface area contributed by atoms with Crippen LogP contribution in [0.15, 0.2) is 24.3 Å². The zero-order valence-electron chi connectivity index (χ0n) is 9.64. The summed E-state index contributed by atoms with van der Waals surface area (Å²) in [6, 6.07) is 6.61. The Hall–Kier alpha value is -0.970. The molecule has 0 bridgehead atoms. The van der Waals surface area contributed by atoms with Crippen LogP contribution in [0.1, 0.15) is 24.4 Å². The highest BCUT2D eigenvalue weighted by Crippen LogP contribution is 2.40. The number of aliphatic hydroxyl groups excluding tert-OH is 2. The lowest BCUT2D eigenvalue weighted by Crippen LogP contribution is -2.33. The molecule has 4 heteroatoms. The van der Waals surface area contributed by atoms with Crippen LogP contribution in [0.4, 0.5) is 4.39 Å². The van der Waals surface area contributed by atoms with Crippen LogP contribution in [0.2, 0.25) is 0 Å². The van der Waals surface area contributed by atoms with Gasteiger partial charge in [-0.15, -0.1) is 0 Å². The molecule has 94 valence electrons. The van der Waals surface area contributed by atoms with E-state index in [-0.39, 0.29) is 18.5 Å². The van der Waals surface area contributed by atoms with E-state index in [1.54, 1.807) is 12.1 Å². The molecule has 0 saturated heterocycles. The summed E-state index contributed by atoms with van der Waals surface area (Å²) >= 11 is 0. The van der Waals surface area contributed by atoms with Gasteiger partial charge in [-0.2, -0.15) is 0 Å². The van der Waals surface area contributed by atoms with Crippen molar-refractivity contribution in [2.24, 2.45) is 5.92 Å². The molecule has 1 aliphatic carbocycles. The largest absolute Gasteiger partial charge is 0.394 e. The second-order valence-corrected chi connectivity index (χ2v) is 4.61. The molecule has 17 heavy (non-hydrogen) atoms. The maximum atomic E-state index is 12.8. The van der Waals surface area contributed by atoms with Crippen LogP contribution in [0.25, 0.3) is 0 Å². The Balaban J connectivity index is 1.99. The Morgan fingerprint density at radius 1 is 1.29 bits per heavy atom. The number of aliphatic hydroxyl groups is 2. The molecule has 2 unspecified atom stereocenters. The fourth-order valence-electron chi connectivity index (χ4n) is 1.98. The van der Waals surface area contributed by atoms with Gasteiger partial charge in [-0.1, -0.05) is 12.1 Å². The third-order valence-corrected chi connectivity index (χ3v) is 3.11. The van der Waals surface area contributed by atoms with Gasteiger partial charge in [0.05, 0.1) is 12.7 Å². The van der Waals surface area contributed by atoms with Gasteiger partial charge in [0.2, 0.25) is 0 Å². The van der Waals surface area contributed by atoms with E-state index in [1.165, 1.54) is 12.1 Å². The summed E-state index contributed by atoms with van der Waals surface area (Å²) in [6.07, 6.45) is 1.57. The standard InChI is InChI=1S/C13H18FNO2/c14-11-5-3-10(4-6-11)13(9-1-2-9)15-7-12(17)8-16/h3-6,9,12-13,15-17H,1-2,7-8H2. The van der Waals surface area contributed by atoms with E-state index in [4.69, 9.17) is 5.11 Å². The summed E-state index contributed by atoms with van der Waals surface area (Å²) in [7, 11) is 0. The average Bonchev–Trinajstić information content (AvgIpc) is 3.15. The summed E-state index contributed by atoms with van der Waals surface area (Å²) < 4.78 is 12.8. The van der Waals surface area contributed by atoms with Crippen LogP contribution in [0.5, 0.6) is 0 Å². The number of halogens is 1. The van der Waals surface area contributed by atoms with Crippen LogP contribution < -0.4 is 5.32 Å². The van der Waals surface area contributed by atoms with Gasteiger partial charge in [-0.3, -0.25) is 0 Å². The van der Waals surface area contributed by atoms with E-state index in [2.05, 4.69) is 5.32 Å². The maximum absolute atomic E-state index is 12.8. The molecule has 0 spiro atoms. The molecular formula is C13H18FNO2. The molecule has 1 fully saturated rings. The fraction of sp³-hybridized carbons (Fsp3) is 0.538. The Labute approximate surface area is 100 Å². The normalized spacial score (nSPS) is 19.0. The highest BCUT2D eigenvalue weighted by Gasteiger charge is 2.32. The van der Waals surface area contributed by atoms with Crippen molar-refractivity contribution in [1.82, 2.24) is 5.32 Å². The molecule has 0 aromatic heterocycles. The third-order valence-electron chi connectivity index (χ3n) is 3.11. The van der Waals surface area contributed by atoms with E-state index in [9.17, 15) is 9.50 Å². The van der Waals surface area contributed by atoms with Crippen LogP contribution >= 0.6 is 0 Å². The van der Waals surface area contributed by atoms with E-state index < -0.39 is 6.10 Å². The van der Waals surface area contributed by atoms with E-state index in [0.29, 0.717) is 12.5 Å². The predicted molar refractivity (Wildman–Crippen MR) is 63.0 cm³/mol. The van der Waals surface area contributed by atoms with E-state index in [1.807, 2.05) is 0 Å². The van der Waals surface area contributed by atoms with Crippen molar-refractivity contribution in [3.05, 3.63) is 35.6 Å². The van der Waals surface area contributed by atoms with Gasteiger partial charge in [0.15, 0.2) is 0 Å². The van der Waals surface area contributed by atoms with Crippen molar-refractivity contribution in [1.29, 1.82) is 0 Å². The van der Waals surface area contributed by atoms with Gasteiger partial charge in [-0.25, -0.2) is 4.39 Å². The van der Waals surface area contributed by atoms with Crippen molar-refractivity contribution >= 4 is 0 Å². The van der Waals surface area contributed by atoms with Gasteiger partial charge in [0, 0.05) is 12.6 Å². The highest BCUT2D eigenvalue weighted by molar-refractivity contribution is 5.22. The highest BCUT2D eigenvalue weighted by atomic mass is 19.1. The average molecular weight is 239 g/mol. The number of nitrogens with one attached hydrogen (secondary N) is 1. The van der Waals surface area contributed by atoms with E-state index >= 15 is 0 Å². The predicted octanol–water partition coefficient (Wildman–Crippen LogP) is 1.22. The van der Waals surface area contributed by atoms with Gasteiger partial charge in [0.1, 0.15) is 5.82 Å². The lowest BCUT2D eigenvalue weighted by atomic mass is 10.0. The molecule has 0 radical (unpaired) electrons. The van der Waals surface area contributed by atoms with Gasteiger partial charge < -0.3 is 15.5 Å². The van der Waals surface area contributed by atoms with Crippen molar-refractivity contribution in [2.45, 2.75) is 25.0 Å². The lowest BCUT2D eigenvalue weighted by molar-refractivity contribution is 0.0911. The molecule has 3 N–H and O–H groups in total. The van der Waals surface area contributed by atoms with Crippen LogP contribution in [-0.4, -0.2) is 29.5 Å². The Bertz CT molecular complexity index is 351. The zero-order chi connectivity index (χ0) is 12.3. The molecule has 2 rings (SSSR count). The van der Waals surface area contributed by atoms with Crippen LogP contribution in [0, 0.1) is 11.7 Å². The second kappa shape index (κ2) is 5.58. The summed E-state index contributed by atoms with van der Waals surface area (Å²) in [5.41, 5.74) is 1.04. The van der Waals surface area contributed by atoms with Crippen molar-refractivity contribution in [2.75, 3.05) is 13.2 Å². The molecular weight excluding hydrogens is 221 g/mol. The first-order valence-electron chi connectivity index (χ1n) is 5.98. The molecule has 3 nitrogen and oxygen atoms in total. The first-order chi connectivity index (χ1) is 8.20. The Morgan fingerprint density at radius 2 is 1.94 bits per heavy atom. The molecule has 0 amide bonds. The SMILES string of the molecule is OCC(O)CNC(c1ccc(F)cc1)C1CC1. The quantitative estimate of drug-likeness (QED) is 0.699. The minimum Gasteiger partial charge on any atom is -0.394 e. The molecule has 1 saturated carbocycles. The summed E-state index contributed by atoms with van der Waals surface area (Å²) in [5.74, 6) is 0.324. The Morgan fingerprint density at radius 3 is 2.47 bits per heavy atom. The molecule has 1 aromatic rings. The summed E-state index contributed by atoms with van der Waals surface area (Å²) in [4.78, 5) is 0. The summed E-state index contributed by atoms with van der Waals surface area (Å²) in [5, 5.41) is 21.3. The first kappa shape index (κ1) is 12.5. The van der Waals surface area contributed by atoms with Crippen molar-refractivity contribution in [3.63, 3.8) is 0 Å². The first-order valence-corrected chi connectivity index (χ1v) is 5.98. The fourth-order valence-corrected chi connectivity index (χ4v) is 1.98. The van der Waals surface area contributed by atoms with E-state index in [0.717, 1.165) is 18.4 Å². The Kier molecular flexibility index (Phi) is 4.10. The minimum absolute atomic E-state index is 0.150. The number of hydrogen-bond donors (Lipinski definition) is 3. The molecule has 0 heterocycles. The second-order valence-electron chi connectivity index (χ2n) is 4.61. The number of benzene rings is 1. The molecule has 0 aliphatic heterocycles. The van der Waals surface area contributed by atoms with Crippen molar-refractivity contribution < 1.29 is 14.6 Å². The minimum atomic E-state index is -0.739. The molecule has 2 atom stereocenters. The van der Waals surface area contributed by atoms with Gasteiger partial charge in [-0.05, 0) is 36.5 Å². The monoisotopic (exact) mass is 239 g/mol. The molecule has 1 aliphatic rings. The zero-order valence-corrected chi connectivity index (χ0v) is 9.64. The maximum Gasteiger partial charge on any atom is 0.123 e. The van der Waals surface area contributed by atoms with Gasteiger partial charge >= 0.3 is 0 Å². The van der Waals surface area contributed by atoms with Gasteiger partial charge in [0.25, 0.3) is 0 Å². The molecule has 1 aromatic carbocycles. The topological polar surface area (TPSA) is 52.5 Å². The number of hydrogen-bond acceptors (Lipinski definition) is 3. The lowest BCUT2D eigenvalue weighted by Gasteiger charge is -2.20. The summed E-state index contributed by atoms with van der Waals surface area (Å²) in [6.45, 7) is 0.114.